The van der Waals surface area contributed by atoms with Crippen molar-refractivity contribution in [2.75, 3.05) is 37.2 Å². The van der Waals surface area contributed by atoms with Gasteiger partial charge in [-0.15, -0.1) is 0 Å². The Morgan fingerprint density at radius 1 is 1.37 bits per heavy atom. The van der Waals surface area contributed by atoms with Gasteiger partial charge >= 0.3 is 0 Å². The molecule has 108 valence electrons. The van der Waals surface area contributed by atoms with Gasteiger partial charge in [0.1, 0.15) is 0 Å². The zero-order valence-corrected chi connectivity index (χ0v) is 12.6. The number of hydrogen-bond donors (Lipinski definition) is 2. The third-order valence-corrected chi connectivity index (χ3v) is 3.99. The van der Waals surface area contributed by atoms with Gasteiger partial charge < -0.3 is 20.7 Å². The van der Waals surface area contributed by atoms with Crippen LogP contribution >= 0.6 is 11.5 Å². The van der Waals surface area contributed by atoms with Gasteiger partial charge in [0.25, 0.3) is 0 Å². The number of nitrogen functional groups attached to an aromatic ring is 1. The highest BCUT2D eigenvalue weighted by atomic mass is 32.1. The molecule has 1 saturated heterocycles. The van der Waals surface area contributed by atoms with E-state index in [1.54, 1.807) is 0 Å². The molecule has 1 aliphatic rings. The highest BCUT2D eigenvalue weighted by molar-refractivity contribution is 7.11. The van der Waals surface area contributed by atoms with Crippen LogP contribution in [0.5, 0.6) is 5.75 Å². The van der Waals surface area contributed by atoms with E-state index in [-0.39, 0.29) is 6.10 Å². The SMILES string of the molecule is CC(C)Oc1c(N)nsc1NCCN1CCCCC1. The second kappa shape index (κ2) is 6.96. The van der Waals surface area contributed by atoms with Gasteiger partial charge in [0.15, 0.2) is 16.6 Å². The summed E-state index contributed by atoms with van der Waals surface area (Å²) in [7, 11) is 0. The molecule has 1 aliphatic heterocycles. The molecule has 0 aliphatic carbocycles. The molecule has 0 aromatic carbocycles. The lowest BCUT2D eigenvalue weighted by Crippen LogP contribution is -2.33. The number of piperidine rings is 1. The summed E-state index contributed by atoms with van der Waals surface area (Å²) in [5.41, 5.74) is 5.83. The molecule has 2 rings (SSSR count). The van der Waals surface area contributed by atoms with Crippen LogP contribution in [0.4, 0.5) is 10.8 Å². The minimum Gasteiger partial charge on any atom is -0.484 e. The van der Waals surface area contributed by atoms with E-state index >= 15 is 0 Å². The Kier molecular flexibility index (Phi) is 5.27. The summed E-state index contributed by atoms with van der Waals surface area (Å²) < 4.78 is 9.86. The summed E-state index contributed by atoms with van der Waals surface area (Å²) in [6, 6.07) is 0. The van der Waals surface area contributed by atoms with Crippen molar-refractivity contribution < 1.29 is 4.74 Å². The first-order chi connectivity index (χ1) is 9.16. The molecule has 0 bridgehead atoms. The first kappa shape index (κ1) is 14.4. The first-order valence-corrected chi connectivity index (χ1v) is 7.82. The molecule has 0 radical (unpaired) electrons. The van der Waals surface area contributed by atoms with Crippen LogP contribution in [-0.2, 0) is 0 Å². The zero-order valence-electron chi connectivity index (χ0n) is 11.8. The molecule has 0 saturated carbocycles. The molecule has 2 heterocycles. The molecule has 0 spiro atoms. The Labute approximate surface area is 119 Å². The molecule has 19 heavy (non-hydrogen) atoms. The van der Waals surface area contributed by atoms with Gasteiger partial charge in [-0.1, -0.05) is 6.42 Å². The minimum absolute atomic E-state index is 0.112. The highest BCUT2D eigenvalue weighted by Crippen LogP contribution is 2.35. The number of likely N-dealkylation sites (tertiary alicyclic amines) is 1. The second-order valence-electron chi connectivity index (χ2n) is 5.22. The Balaban J connectivity index is 1.81. The van der Waals surface area contributed by atoms with Crippen molar-refractivity contribution in [3.63, 3.8) is 0 Å². The van der Waals surface area contributed by atoms with Gasteiger partial charge in [-0.2, -0.15) is 4.37 Å². The lowest BCUT2D eigenvalue weighted by Gasteiger charge is -2.26. The maximum atomic E-state index is 5.83. The van der Waals surface area contributed by atoms with Crippen LogP contribution in [0, 0.1) is 0 Å². The van der Waals surface area contributed by atoms with E-state index in [0.29, 0.717) is 11.6 Å². The van der Waals surface area contributed by atoms with Crippen LogP contribution < -0.4 is 15.8 Å². The standard InChI is InChI=1S/C13H24N4OS/c1-10(2)18-11-12(14)16-19-13(11)15-6-9-17-7-4-3-5-8-17/h10,15H,3-9H2,1-2H3,(H2,14,16). The Morgan fingerprint density at radius 2 is 2.11 bits per heavy atom. The van der Waals surface area contributed by atoms with Gasteiger partial charge in [-0.3, -0.25) is 0 Å². The van der Waals surface area contributed by atoms with Crippen molar-refractivity contribution in [3.05, 3.63) is 0 Å². The van der Waals surface area contributed by atoms with Crippen molar-refractivity contribution in [2.24, 2.45) is 0 Å². The lowest BCUT2D eigenvalue weighted by molar-refractivity contribution is 0.236. The number of nitrogens with one attached hydrogen (secondary N) is 1. The van der Waals surface area contributed by atoms with Gasteiger partial charge in [0.05, 0.1) is 6.10 Å². The number of ether oxygens (including phenoxy) is 1. The maximum absolute atomic E-state index is 5.83. The summed E-state index contributed by atoms with van der Waals surface area (Å²) in [5.74, 6) is 1.19. The molecule has 3 N–H and O–H groups in total. The largest absolute Gasteiger partial charge is 0.484 e. The Hall–Kier alpha value is -1.01. The number of nitrogens with zero attached hydrogens (tertiary/aromatic N) is 2. The summed E-state index contributed by atoms with van der Waals surface area (Å²) in [4.78, 5) is 2.50. The number of rotatable bonds is 6. The molecule has 1 fully saturated rings. The molecule has 0 atom stereocenters. The number of nitrogens with two attached hydrogens (primary N) is 1. The van der Waals surface area contributed by atoms with Crippen molar-refractivity contribution in [2.45, 2.75) is 39.2 Å². The van der Waals surface area contributed by atoms with E-state index in [2.05, 4.69) is 14.6 Å². The van der Waals surface area contributed by atoms with Crippen molar-refractivity contribution in [1.29, 1.82) is 0 Å². The van der Waals surface area contributed by atoms with E-state index in [1.165, 1.54) is 43.9 Å². The summed E-state index contributed by atoms with van der Waals surface area (Å²) in [6.45, 7) is 8.42. The molecule has 0 amide bonds. The van der Waals surface area contributed by atoms with Crippen molar-refractivity contribution in [3.8, 4) is 5.75 Å². The third-order valence-electron chi connectivity index (χ3n) is 3.19. The monoisotopic (exact) mass is 284 g/mol. The first-order valence-electron chi connectivity index (χ1n) is 7.05. The molecule has 0 unspecified atom stereocenters. The van der Waals surface area contributed by atoms with Crippen LogP contribution in [0.2, 0.25) is 0 Å². The molecular weight excluding hydrogens is 260 g/mol. The van der Waals surface area contributed by atoms with E-state index in [4.69, 9.17) is 10.5 Å². The van der Waals surface area contributed by atoms with Gasteiger partial charge in [-0.05, 0) is 51.3 Å². The van der Waals surface area contributed by atoms with Crippen LogP contribution in [0.3, 0.4) is 0 Å². The predicted molar refractivity (Wildman–Crippen MR) is 81.1 cm³/mol. The van der Waals surface area contributed by atoms with E-state index in [0.717, 1.165) is 18.1 Å². The fraction of sp³-hybridized carbons (Fsp3) is 0.769. The Bertz CT molecular complexity index is 388. The van der Waals surface area contributed by atoms with E-state index in [1.807, 2.05) is 13.8 Å². The molecular formula is C13H24N4OS. The van der Waals surface area contributed by atoms with Crippen LogP contribution in [0.25, 0.3) is 0 Å². The number of aromatic nitrogens is 1. The highest BCUT2D eigenvalue weighted by Gasteiger charge is 2.15. The van der Waals surface area contributed by atoms with Crippen LogP contribution in [0.1, 0.15) is 33.1 Å². The lowest BCUT2D eigenvalue weighted by atomic mass is 10.1. The molecule has 1 aromatic heterocycles. The number of hydrogen-bond acceptors (Lipinski definition) is 6. The molecule has 6 heteroatoms. The summed E-state index contributed by atoms with van der Waals surface area (Å²) in [6.07, 6.45) is 4.15. The average Bonchev–Trinajstić information content (AvgIpc) is 2.72. The van der Waals surface area contributed by atoms with Crippen molar-refractivity contribution in [1.82, 2.24) is 9.27 Å². The fourth-order valence-corrected chi connectivity index (χ4v) is 2.94. The normalized spacial score (nSPS) is 16.8. The second-order valence-corrected chi connectivity index (χ2v) is 6.00. The minimum atomic E-state index is 0.112. The van der Waals surface area contributed by atoms with Crippen LogP contribution in [0.15, 0.2) is 0 Å². The third kappa shape index (κ3) is 4.24. The molecule has 5 nitrogen and oxygen atoms in total. The number of anilines is 2. The average molecular weight is 284 g/mol. The predicted octanol–water partition coefficient (Wildman–Crippen LogP) is 2.41. The summed E-state index contributed by atoms with van der Waals surface area (Å²) in [5, 5.41) is 4.34. The van der Waals surface area contributed by atoms with Gasteiger partial charge in [-0.25, -0.2) is 0 Å². The smallest absolute Gasteiger partial charge is 0.197 e. The van der Waals surface area contributed by atoms with E-state index in [9.17, 15) is 0 Å². The fourth-order valence-electron chi connectivity index (χ4n) is 2.27. The Morgan fingerprint density at radius 3 is 2.79 bits per heavy atom. The quantitative estimate of drug-likeness (QED) is 0.840. The zero-order chi connectivity index (χ0) is 13.7. The molecule has 1 aromatic rings. The maximum Gasteiger partial charge on any atom is 0.197 e. The topological polar surface area (TPSA) is 63.4 Å². The van der Waals surface area contributed by atoms with Gasteiger partial charge in [0, 0.05) is 13.1 Å². The summed E-state index contributed by atoms with van der Waals surface area (Å²) >= 11 is 1.38. The van der Waals surface area contributed by atoms with E-state index < -0.39 is 0 Å². The van der Waals surface area contributed by atoms with Gasteiger partial charge in [0.2, 0.25) is 0 Å². The van der Waals surface area contributed by atoms with Crippen LogP contribution in [-0.4, -0.2) is 41.6 Å². The van der Waals surface area contributed by atoms with Crippen molar-refractivity contribution >= 4 is 22.4 Å².